The van der Waals surface area contributed by atoms with Crippen LogP contribution in [0.1, 0.15) is 30.4 Å². The van der Waals surface area contributed by atoms with Crippen LogP contribution in [-0.4, -0.2) is 24.4 Å². The number of rotatable bonds is 5. The van der Waals surface area contributed by atoms with E-state index in [1.165, 1.54) is 19.3 Å². The molecule has 138 valence electrons. The molecule has 0 saturated carbocycles. The standard InChI is InChI=1S/C20H23BrIN3O/c1-14-11-20(26-16-6-7-18(22)17(21)12-16)15(2)10-19(14)23-13-24-25-8-4-3-5-9-25/h6-7,10-13H,3-5,8-9H2,1-2H3,(H,23,24). The summed E-state index contributed by atoms with van der Waals surface area (Å²) in [4.78, 5) is 4.59. The predicted octanol–water partition coefficient (Wildman–Crippen LogP) is 6.11. The lowest BCUT2D eigenvalue weighted by atomic mass is 10.1. The molecule has 1 N–H and O–H groups in total. The normalized spacial score (nSPS) is 15.4. The largest absolute Gasteiger partial charge is 0.457 e. The molecule has 1 heterocycles. The smallest absolute Gasteiger partial charge is 0.130 e. The van der Waals surface area contributed by atoms with Crippen LogP contribution in [0.25, 0.3) is 0 Å². The van der Waals surface area contributed by atoms with Gasteiger partial charge in [0.2, 0.25) is 0 Å². The second-order valence-corrected chi connectivity index (χ2v) is 8.53. The highest BCUT2D eigenvalue weighted by molar-refractivity contribution is 14.1. The minimum atomic E-state index is 0.822. The van der Waals surface area contributed by atoms with E-state index in [4.69, 9.17) is 4.74 Å². The van der Waals surface area contributed by atoms with Gasteiger partial charge in [-0.2, -0.15) is 0 Å². The molecule has 1 saturated heterocycles. The van der Waals surface area contributed by atoms with Crippen molar-refractivity contribution in [3.8, 4) is 11.5 Å². The maximum Gasteiger partial charge on any atom is 0.130 e. The van der Waals surface area contributed by atoms with Gasteiger partial charge in [-0.1, -0.05) is 6.42 Å². The molecule has 2 aromatic rings. The summed E-state index contributed by atoms with van der Waals surface area (Å²) in [5.41, 5.74) is 6.40. The van der Waals surface area contributed by atoms with E-state index in [0.29, 0.717) is 0 Å². The van der Waals surface area contributed by atoms with E-state index in [1.807, 2.05) is 25.1 Å². The molecule has 26 heavy (non-hydrogen) atoms. The number of nitrogens with one attached hydrogen (secondary N) is 1. The van der Waals surface area contributed by atoms with Crippen LogP contribution >= 0.6 is 38.5 Å². The summed E-state index contributed by atoms with van der Waals surface area (Å²) >= 11 is 5.84. The summed E-state index contributed by atoms with van der Waals surface area (Å²) in [6.07, 6.45) is 5.62. The Hall–Kier alpha value is -1.12. The average molecular weight is 528 g/mol. The van der Waals surface area contributed by atoms with E-state index in [9.17, 15) is 0 Å². The molecule has 0 aliphatic carbocycles. The van der Waals surface area contributed by atoms with Gasteiger partial charge in [-0.25, -0.2) is 10.0 Å². The molecule has 0 radical (unpaired) electrons. The van der Waals surface area contributed by atoms with Gasteiger partial charge in [0, 0.05) is 21.1 Å². The monoisotopic (exact) mass is 527 g/mol. The zero-order valence-corrected chi connectivity index (χ0v) is 18.8. The van der Waals surface area contributed by atoms with Crippen LogP contribution in [0.4, 0.5) is 5.69 Å². The van der Waals surface area contributed by atoms with E-state index in [1.54, 1.807) is 6.34 Å². The lowest BCUT2D eigenvalue weighted by Crippen LogP contribution is -2.40. The van der Waals surface area contributed by atoms with Crippen molar-refractivity contribution in [1.82, 2.24) is 10.4 Å². The maximum atomic E-state index is 6.07. The fourth-order valence-corrected chi connectivity index (χ4v) is 3.59. The Kier molecular flexibility index (Phi) is 6.94. The van der Waals surface area contributed by atoms with Gasteiger partial charge in [-0.3, -0.25) is 0 Å². The van der Waals surface area contributed by atoms with Crippen LogP contribution < -0.4 is 10.2 Å². The third kappa shape index (κ3) is 5.20. The van der Waals surface area contributed by atoms with Crippen molar-refractivity contribution in [2.75, 3.05) is 13.1 Å². The number of ether oxygens (including phenoxy) is 1. The third-order valence-corrected chi connectivity index (χ3v) is 6.75. The van der Waals surface area contributed by atoms with Gasteiger partial charge in [-0.05, 0) is 107 Å². The van der Waals surface area contributed by atoms with Gasteiger partial charge >= 0.3 is 0 Å². The molecule has 1 fully saturated rings. The second kappa shape index (κ2) is 9.19. The Labute approximate surface area is 177 Å². The Morgan fingerprint density at radius 3 is 2.62 bits per heavy atom. The van der Waals surface area contributed by atoms with Gasteiger partial charge in [0.05, 0.1) is 5.69 Å². The van der Waals surface area contributed by atoms with Gasteiger partial charge in [-0.15, -0.1) is 0 Å². The molecule has 1 aliphatic rings. The Morgan fingerprint density at radius 1 is 1.12 bits per heavy atom. The van der Waals surface area contributed by atoms with Crippen molar-refractivity contribution in [3.05, 3.63) is 49.5 Å². The molecule has 0 aromatic heterocycles. The number of halogens is 2. The molecule has 0 unspecified atom stereocenters. The molecule has 2 aromatic carbocycles. The first-order valence-corrected chi connectivity index (χ1v) is 10.7. The molecule has 3 rings (SSSR count). The molecule has 0 atom stereocenters. The number of piperidine rings is 1. The highest BCUT2D eigenvalue weighted by atomic mass is 127. The summed E-state index contributed by atoms with van der Waals surface area (Å²) in [7, 11) is 0. The highest BCUT2D eigenvalue weighted by Crippen LogP contribution is 2.33. The summed E-state index contributed by atoms with van der Waals surface area (Å²) < 4.78 is 8.27. The van der Waals surface area contributed by atoms with E-state index >= 15 is 0 Å². The molecule has 0 amide bonds. The van der Waals surface area contributed by atoms with E-state index in [-0.39, 0.29) is 0 Å². The van der Waals surface area contributed by atoms with E-state index < -0.39 is 0 Å². The summed E-state index contributed by atoms with van der Waals surface area (Å²) in [5, 5.41) is 2.22. The summed E-state index contributed by atoms with van der Waals surface area (Å²) in [6, 6.07) is 10.1. The fourth-order valence-electron chi connectivity index (χ4n) is 2.89. The lowest BCUT2D eigenvalue weighted by molar-refractivity contribution is 0.197. The van der Waals surface area contributed by atoms with Gasteiger partial charge in [0.1, 0.15) is 17.8 Å². The van der Waals surface area contributed by atoms with Crippen molar-refractivity contribution < 1.29 is 4.74 Å². The first-order chi connectivity index (χ1) is 12.5. The van der Waals surface area contributed by atoms with E-state index in [0.717, 1.165) is 49.4 Å². The minimum absolute atomic E-state index is 0.822. The lowest BCUT2D eigenvalue weighted by Gasteiger charge is -2.25. The zero-order chi connectivity index (χ0) is 18.5. The van der Waals surface area contributed by atoms with Crippen molar-refractivity contribution in [1.29, 1.82) is 0 Å². The van der Waals surface area contributed by atoms with Gasteiger partial charge in [0.25, 0.3) is 0 Å². The Morgan fingerprint density at radius 2 is 1.88 bits per heavy atom. The Balaban J connectivity index is 1.69. The van der Waals surface area contributed by atoms with Crippen molar-refractivity contribution in [3.63, 3.8) is 0 Å². The minimum Gasteiger partial charge on any atom is -0.457 e. The van der Waals surface area contributed by atoms with Crippen LogP contribution in [-0.2, 0) is 0 Å². The predicted molar refractivity (Wildman–Crippen MR) is 120 cm³/mol. The van der Waals surface area contributed by atoms with Crippen LogP contribution in [0, 0.1) is 17.4 Å². The summed E-state index contributed by atoms with van der Waals surface area (Å²) in [6.45, 7) is 6.28. The number of hydrazine groups is 1. The van der Waals surface area contributed by atoms with Crippen LogP contribution in [0.2, 0.25) is 0 Å². The molecular formula is C20H23BrIN3O. The first kappa shape index (κ1) is 19.6. The molecule has 6 heteroatoms. The zero-order valence-electron chi connectivity index (χ0n) is 15.1. The number of hydrogen-bond acceptors (Lipinski definition) is 3. The quantitative estimate of drug-likeness (QED) is 0.289. The SMILES string of the molecule is Cc1cc(Oc2ccc(I)c(Br)c2)c(C)cc1N=CNN1CCCCC1. The number of aryl methyl sites for hydroxylation is 2. The molecule has 0 spiro atoms. The van der Waals surface area contributed by atoms with Gasteiger partial charge < -0.3 is 10.2 Å². The van der Waals surface area contributed by atoms with Gasteiger partial charge in [0.15, 0.2) is 0 Å². The van der Waals surface area contributed by atoms with Crippen LogP contribution in [0.3, 0.4) is 0 Å². The highest BCUT2D eigenvalue weighted by Gasteiger charge is 2.09. The van der Waals surface area contributed by atoms with Crippen molar-refractivity contribution in [2.24, 2.45) is 4.99 Å². The molecular weight excluding hydrogens is 505 g/mol. The number of aliphatic imine (C=N–C) groups is 1. The van der Waals surface area contributed by atoms with E-state index in [2.05, 4.69) is 73.0 Å². The molecule has 0 bridgehead atoms. The van der Waals surface area contributed by atoms with Crippen molar-refractivity contribution >= 4 is 50.5 Å². The molecule has 1 aliphatic heterocycles. The topological polar surface area (TPSA) is 36.9 Å². The second-order valence-electron chi connectivity index (χ2n) is 6.52. The fraction of sp³-hybridized carbons (Fsp3) is 0.350. The third-order valence-electron chi connectivity index (χ3n) is 4.41. The Bertz CT molecular complexity index is 804. The van der Waals surface area contributed by atoms with Crippen molar-refractivity contribution in [2.45, 2.75) is 33.1 Å². The van der Waals surface area contributed by atoms with Crippen LogP contribution in [0.5, 0.6) is 11.5 Å². The average Bonchev–Trinajstić information content (AvgIpc) is 2.63. The summed E-state index contributed by atoms with van der Waals surface area (Å²) in [5.74, 6) is 1.68. The first-order valence-electron chi connectivity index (χ1n) is 8.81. The number of hydrogen-bond donors (Lipinski definition) is 1. The molecule has 4 nitrogen and oxygen atoms in total. The number of nitrogens with zero attached hydrogens (tertiary/aromatic N) is 2. The maximum absolute atomic E-state index is 6.07. The number of benzene rings is 2. The van der Waals surface area contributed by atoms with Crippen LogP contribution in [0.15, 0.2) is 39.8 Å².